The molecule has 160 valence electrons. The van der Waals surface area contributed by atoms with Crippen LogP contribution in [0.1, 0.15) is 5.56 Å². The van der Waals surface area contributed by atoms with E-state index in [2.05, 4.69) is 36.2 Å². The van der Waals surface area contributed by atoms with Crippen LogP contribution in [-0.4, -0.2) is 46.6 Å². The van der Waals surface area contributed by atoms with Crippen molar-refractivity contribution in [3.63, 3.8) is 0 Å². The Kier molecular flexibility index (Phi) is 8.12. The second-order valence-corrected chi connectivity index (χ2v) is 6.32. The molecular weight excluding hydrogens is 398 g/mol. The van der Waals surface area contributed by atoms with Gasteiger partial charge in [0.1, 0.15) is 30.4 Å². The summed E-state index contributed by atoms with van der Waals surface area (Å²) in [5, 5.41) is 11.3. The largest absolute Gasteiger partial charge is 0.445 e. The minimum Gasteiger partial charge on any atom is -0.445 e. The number of nitrogens with one attached hydrogen (secondary N) is 4. The van der Waals surface area contributed by atoms with E-state index in [0.717, 1.165) is 5.56 Å². The minimum atomic E-state index is -0.647. The van der Waals surface area contributed by atoms with Crippen molar-refractivity contribution >= 4 is 29.5 Å². The van der Waals surface area contributed by atoms with E-state index in [-0.39, 0.29) is 19.1 Å². The zero-order valence-electron chi connectivity index (χ0n) is 16.7. The number of carbonyl (C=O) groups is 2. The van der Waals surface area contributed by atoms with Crippen LogP contribution in [0.15, 0.2) is 67.1 Å². The number of alkyl carbamates (subject to hydrolysis) is 1. The second kappa shape index (κ2) is 11.7. The molecule has 4 N–H and O–H groups in total. The predicted molar refractivity (Wildman–Crippen MR) is 116 cm³/mol. The van der Waals surface area contributed by atoms with Gasteiger partial charge >= 0.3 is 6.09 Å². The van der Waals surface area contributed by atoms with Crippen LogP contribution in [0.5, 0.6) is 0 Å². The molecule has 2 amide bonds. The molecule has 0 fully saturated rings. The third kappa shape index (κ3) is 7.97. The van der Waals surface area contributed by atoms with Crippen LogP contribution >= 0.6 is 0 Å². The van der Waals surface area contributed by atoms with Gasteiger partial charge in [-0.2, -0.15) is 0 Å². The first kappa shape index (κ1) is 21.5. The summed E-state index contributed by atoms with van der Waals surface area (Å²) >= 11 is 0. The first-order valence-corrected chi connectivity index (χ1v) is 9.64. The average Bonchev–Trinajstić information content (AvgIpc) is 2.81. The quantitative estimate of drug-likeness (QED) is 0.366. The van der Waals surface area contributed by atoms with Gasteiger partial charge in [-0.25, -0.2) is 19.7 Å². The average molecular weight is 421 g/mol. The minimum absolute atomic E-state index is 0.147. The number of nitrogens with zero attached hydrogens (tertiary/aromatic N) is 3. The van der Waals surface area contributed by atoms with Crippen LogP contribution in [0, 0.1) is 0 Å². The van der Waals surface area contributed by atoms with Crippen LogP contribution < -0.4 is 21.3 Å². The van der Waals surface area contributed by atoms with Crippen molar-refractivity contribution in [2.45, 2.75) is 6.61 Å². The maximum atomic E-state index is 11.8. The molecule has 0 saturated heterocycles. The number of amides is 2. The highest BCUT2D eigenvalue weighted by atomic mass is 16.5. The topological polar surface area (TPSA) is 130 Å². The van der Waals surface area contributed by atoms with Crippen molar-refractivity contribution in [1.29, 1.82) is 0 Å². The Balaban J connectivity index is 1.30. The Hall–Kier alpha value is -4.21. The monoisotopic (exact) mass is 421 g/mol. The van der Waals surface area contributed by atoms with E-state index < -0.39 is 6.09 Å². The van der Waals surface area contributed by atoms with Gasteiger partial charge in [-0.3, -0.25) is 4.79 Å². The number of ether oxygens (including phenoxy) is 1. The maximum Gasteiger partial charge on any atom is 0.407 e. The van der Waals surface area contributed by atoms with Crippen molar-refractivity contribution in [2.24, 2.45) is 0 Å². The van der Waals surface area contributed by atoms with Crippen LogP contribution in [-0.2, 0) is 16.1 Å². The lowest BCUT2D eigenvalue weighted by atomic mass is 10.2. The van der Waals surface area contributed by atoms with Crippen LogP contribution in [0.2, 0.25) is 0 Å². The summed E-state index contributed by atoms with van der Waals surface area (Å²) in [6.45, 7) is 0.782. The number of pyridine rings is 1. The molecule has 10 nitrogen and oxygen atoms in total. The van der Waals surface area contributed by atoms with Crippen LogP contribution in [0.3, 0.4) is 0 Å². The molecule has 0 radical (unpaired) electrons. The number of hydrogen-bond acceptors (Lipinski definition) is 8. The van der Waals surface area contributed by atoms with Crippen molar-refractivity contribution in [2.75, 3.05) is 30.3 Å². The summed E-state index contributed by atoms with van der Waals surface area (Å²) in [6.07, 6.45) is 2.46. The Morgan fingerprint density at radius 1 is 0.839 bits per heavy atom. The molecule has 0 aliphatic carbocycles. The molecule has 0 atom stereocenters. The van der Waals surface area contributed by atoms with E-state index >= 15 is 0 Å². The maximum absolute atomic E-state index is 11.8. The smallest absolute Gasteiger partial charge is 0.407 e. The van der Waals surface area contributed by atoms with E-state index in [1.807, 2.05) is 48.5 Å². The number of benzene rings is 1. The summed E-state index contributed by atoms with van der Waals surface area (Å²) in [5.74, 6) is 1.55. The zero-order chi connectivity index (χ0) is 21.7. The Labute approximate surface area is 179 Å². The molecule has 3 rings (SSSR count). The summed E-state index contributed by atoms with van der Waals surface area (Å²) in [5.41, 5.74) is 0.872. The van der Waals surface area contributed by atoms with E-state index in [1.54, 1.807) is 12.3 Å². The van der Waals surface area contributed by atoms with Gasteiger partial charge in [-0.1, -0.05) is 36.4 Å². The van der Waals surface area contributed by atoms with Gasteiger partial charge in [0.15, 0.2) is 0 Å². The van der Waals surface area contributed by atoms with Gasteiger partial charge in [-0.15, -0.1) is 0 Å². The number of rotatable bonds is 10. The van der Waals surface area contributed by atoms with Gasteiger partial charge < -0.3 is 26.0 Å². The van der Waals surface area contributed by atoms with Gasteiger partial charge in [0.25, 0.3) is 0 Å². The summed E-state index contributed by atoms with van der Waals surface area (Å²) in [4.78, 5) is 35.9. The van der Waals surface area contributed by atoms with Gasteiger partial charge in [0.2, 0.25) is 5.91 Å². The highest BCUT2D eigenvalue weighted by molar-refractivity contribution is 5.82. The third-order valence-corrected chi connectivity index (χ3v) is 3.95. The van der Waals surface area contributed by atoms with Crippen LogP contribution in [0.25, 0.3) is 0 Å². The van der Waals surface area contributed by atoms with Crippen molar-refractivity contribution in [1.82, 2.24) is 25.6 Å². The van der Waals surface area contributed by atoms with E-state index in [9.17, 15) is 9.59 Å². The number of hydrogen-bond donors (Lipinski definition) is 4. The van der Waals surface area contributed by atoms with Crippen molar-refractivity contribution in [3.05, 3.63) is 72.7 Å². The fourth-order valence-electron chi connectivity index (χ4n) is 2.47. The summed E-state index contributed by atoms with van der Waals surface area (Å²) in [7, 11) is 0. The molecule has 0 saturated carbocycles. The molecule has 0 spiro atoms. The SMILES string of the molecule is O=C(CNC(=O)OCc1ccccc1)NCCNc1cc(Nc2ccccn2)ncn1. The van der Waals surface area contributed by atoms with Crippen molar-refractivity contribution in [3.8, 4) is 0 Å². The lowest BCUT2D eigenvalue weighted by Gasteiger charge is -2.10. The second-order valence-electron chi connectivity index (χ2n) is 6.32. The van der Waals surface area contributed by atoms with E-state index in [1.165, 1.54) is 6.33 Å². The normalized spacial score (nSPS) is 10.1. The Morgan fingerprint density at radius 2 is 1.65 bits per heavy atom. The molecule has 1 aromatic carbocycles. The van der Waals surface area contributed by atoms with E-state index in [0.29, 0.717) is 30.5 Å². The highest BCUT2D eigenvalue weighted by Gasteiger charge is 2.06. The molecule has 0 unspecified atom stereocenters. The fourth-order valence-corrected chi connectivity index (χ4v) is 2.47. The fraction of sp³-hybridized carbons (Fsp3) is 0.190. The predicted octanol–water partition coefficient (Wildman–Crippen LogP) is 2.07. The third-order valence-electron chi connectivity index (χ3n) is 3.95. The van der Waals surface area contributed by atoms with Gasteiger partial charge in [-0.05, 0) is 17.7 Å². The lowest BCUT2D eigenvalue weighted by molar-refractivity contribution is -0.120. The van der Waals surface area contributed by atoms with Gasteiger partial charge in [0, 0.05) is 25.4 Å². The standard InChI is InChI=1S/C21H23N7O3/c29-20(13-25-21(30)31-14-16-6-2-1-3-7-16)24-11-10-23-18-12-19(27-15-26-18)28-17-8-4-5-9-22-17/h1-9,12,15H,10-11,13-14H2,(H,24,29)(H,25,30)(H2,22,23,26,27,28). The number of anilines is 3. The molecular formula is C21H23N7O3. The molecule has 0 bridgehead atoms. The first-order valence-electron chi connectivity index (χ1n) is 9.64. The Morgan fingerprint density at radius 3 is 2.45 bits per heavy atom. The molecule has 10 heteroatoms. The van der Waals surface area contributed by atoms with Crippen molar-refractivity contribution < 1.29 is 14.3 Å². The van der Waals surface area contributed by atoms with Crippen LogP contribution in [0.4, 0.5) is 22.2 Å². The molecule has 2 heterocycles. The number of aromatic nitrogens is 3. The summed E-state index contributed by atoms with van der Waals surface area (Å²) < 4.78 is 5.05. The van der Waals surface area contributed by atoms with Gasteiger partial charge in [0.05, 0.1) is 6.54 Å². The zero-order valence-corrected chi connectivity index (χ0v) is 16.7. The number of carbonyl (C=O) groups excluding carboxylic acids is 2. The molecule has 0 aliphatic heterocycles. The lowest BCUT2D eigenvalue weighted by Crippen LogP contribution is -2.38. The molecule has 0 aliphatic rings. The van der Waals surface area contributed by atoms with E-state index in [4.69, 9.17) is 4.74 Å². The first-order chi connectivity index (χ1) is 15.2. The summed E-state index contributed by atoms with van der Waals surface area (Å²) in [6, 6.07) is 16.6. The Bertz CT molecular complexity index is 971. The highest BCUT2D eigenvalue weighted by Crippen LogP contribution is 2.13. The molecule has 3 aromatic rings. The molecule has 31 heavy (non-hydrogen) atoms. The molecule has 2 aromatic heterocycles.